The van der Waals surface area contributed by atoms with Crippen LogP contribution >= 0.6 is 0 Å². The average Bonchev–Trinajstić information content (AvgIpc) is 2.22. The van der Waals surface area contributed by atoms with E-state index in [0.717, 1.165) is 12.2 Å². The van der Waals surface area contributed by atoms with E-state index in [1.807, 2.05) is 42.3 Å². The van der Waals surface area contributed by atoms with E-state index in [0.29, 0.717) is 35.3 Å². The normalized spacial score (nSPS) is 12.5. The van der Waals surface area contributed by atoms with Crippen LogP contribution in [0.4, 0.5) is 0 Å². The van der Waals surface area contributed by atoms with Gasteiger partial charge >= 0.3 is 11.9 Å². The molecule has 116 valence electrons. The van der Waals surface area contributed by atoms with E-state index in [9.17, 15) is 9.59 Å². The van der Waals surface area contributed by atoms with Crippen LogP contribution in [0, 0.1) is 0 Å². The number of hydrogen-bond donors (Lipinski definition) is 0. The predicted molar refractivity (Wildman–Crippen MR) is 76.9 cm³/mol. The van der Waals surface area contributed by atoms with Crippen LogP contribution in [0.15, 0.2) is 12.2 Å². The lowest BCUT2D eigenvalue weighted by Crippen LogP contribution is -2.38. The Labute approximate surface area is 121 Å². The average molecular weight is 288 g/mol. The fraction of sp³-hybridized carbons (Fsp3) is 0.714. The monoisotopic (exact) mass is 288 g/mol. The van der Waals surface area contributed by atoms with Gasteiger partial charge in [0.05, 0.1) is 42.3 Å². The van der Waals surface area contributed by atoms with Crippen molar-refractivity contribution in [1.82, 2.24) is 0 Å². The molecule has 0 aliphatic rings. The van der Waals surface area contributed by atoms with Crippen LogP contribution in [0.1, 0.15) is 0 Å². The summed E-state index contributed by atoms with van der Waals surface area (Å²) in [6.07, 6.45) is 2.20. The second-order valence-electron chi connectivity index (χ2n) is 6.70. The molecule has 6 nitrogen and oxygen atoms in total. The van der Waals surface area contributed by atoms with E-state index in [1.54, 1.807) is 0 Å². The molecule has 0 bridgehead atoms. The van der Waals surface area contributed by atoms with Crippen molar-refractivity contribution in [2.24, 2.45) is 0 Å². The largest absolute Gasteiger partial charge is 0.457 e. The summed E-state index contributed by atoms with van der Waals surface area (Å²) in [7, 11) is 12.1. The van der Waals surface area contributed by atoms with Crippen molar-refractivity contribution in [2.45, 2.75) is 0 Å². The molecule has 0 rings (SSSR count). The van der Waals surface area contributed by atoms with E-state index in [1.165, 1.54) is 0 Å². The van der Waals surface area contributed by atoms with Crippen LogP contribution in [0.25, 0.3) is 0 Å². The van der Waals surface area contributed by atoms with E-state index in [4.69, 9.17) is 9.47 Å². The van der Waals surface area contributed by atoms with Gasteiger partial charge < -0.3 is 18.4 Å². The van der Waals surface area contributed by atoms with Crippen LogP contribution in [-0.4, -0.2) is 89.5 Å². The minimum absolute atomic E-state index is 0.323. The number of carbonyl (C=O) groups is 2. The number of likely N-dealkylation sites (N-methyl/N-ethyl adjacent to an activating group) is 2. The molecule has 0 saturated heterocycles. The lowest BCUT2D eigenvalue weighted by atomic mass is 10.5. The highest BCUT2D eigenvalue weighted by Crippen LogP contribution is 1.93. The van der Waals surface area contributed by atoms with Gasteiger partial charge in [0.2, 0.25) is 0 Å². The lowest BCUT2D eigenvalue weighted by Gasteiger charge is -2.23. The number of esters is 2. The molecule has 0 fully saturated rings. The Bertz CT molecular complexity index is 317. The van der Waals surface area contributed by atoms with Crippen molar-refractivity contribution in [3.63, 3.8) is 0 Å². The van der Waals surface area contributed by atoms with E-state index in [-0.39, 0.29) is 0 Å². The van der Waals surface area contributed by atoms with Crippen molar-refractivity contribution < 1.29 is 28.0 Å². The third-order valence-corrected chi connectivity index (χ3v) is 2.37. The fourth-order valence-corrected chi connectivity index (χ4v) is 1.07. The minimum atomic E-state index is -0.526. The first kappa shape index (κ1) is 18.6. The van der Waals surface area contributed by atoms with Gasteiger partial charge in [0.15, 0.2) is 0 Å². The van der Waals surface area contributed by atoms with Gasteiger partial charge in [-0.3, -0.25) is 0 Å². The maximum absolute atomic E-state index is 11.3. The molecule has 0 aliphatic heterocycles. The number of carbonyl (C=O) groups excluding carboxylic acids is 2. The van der Waals surface area contributed by atoms with Crippen molar-refractivity contribution in [3.05, 3.63) is 12.2 Å². The van der Waals surface area contributed by atoms with Gasteiger partial charge in [-0.2, -0.15) is 0 Å². The van der Waals surface area contributed by atoms with Crippen LogP contribution in [0.5, 0.6) is 0 Å². The molecule has 6 heteroatoms. The Morgan fingerprint density at radius 3 is 1.30 bits per heavy atom. The second kappa shape index (κ2) is 8.01. The van der Waals surface area contributed by atoms with Gasteiger partial charge in [-0.15, -0.1) is 0 Å². The standard InChI is InChI=1S/C14H28N2O4/c1-15(2,3)9-11-19-13(17)7-8-14(18)20-12-10-16(4,5)6/h7-8H,9-12H2,1-6H3/q+2/b8-7-. The van der Waals surface area contributed by atoms with Gasteiger partial charge in [-0.25, -0.2) is 9.59 Å². The van der Waals surface area contributed by atoms with E-state index < -0.39 is 11.9 Å². The summed E-state index contributed by atoms with van der Waals surface area (Å²) in [4.78, 5) is 22.7. The van der Waals surface area contributed by atoms with Gasteiger partial charge in [0, 0.05) is 12.2 Å². The Hall–Kier alpha value is -1.40. The summed E-state index contributed by atoms with van der Waals surface area (Å²) in [6.45, 7) is 2.08. The summed E-state index contributed by atoms with van der Waals surface area (Å²) < 4.78 is 11.4. The molecule has 0 saturated carbocycles. The van der Waals surface area contributed by atoms with Gasteiger partial charge in [0.1, 0.15) is 26.3 Å². The maximum atomic E-state index is 11.3. The van der Waals surface area contributed by atoms with Crippen molar-refractivity contribution >= 4 is 11.9 Å². The highest BCUT2D eigenvalue weighted by Gasteiger charge is 2.09. The molecular weight excluding hydrogens is 260 g/mol. The number of quaternary nitrogens is 2. The Balaban J connectivity index is 3.86. The molecule has 0 aromatic heterocycles. The topological polar surface area (TPSA) is 52.6 Å². The van der Waals surface area contributed by atoms with E-state index in [2.05, 4.69) is 0 Å². The Morgan fingerprint density at radius 1 is 0.750 bits per heavy atom. The molecule has 0 unspecified atom stereocenters. The maximum Gasteiger partial charge on any atom is 0.331 e. The van der Waals surface area contributed by atoms with Crippen molar-refractivity contribution in [1.29, 1.82) is 0 Å². The van der Waals surface area contributed by atoms with Gasteiger partial charge in [0.25, 0.3) is 0 Å². The van der Waals surface area contributed by atoms with Crippen molar-refractivity contribution in [3.8, 4) is 0 Å². The predicted octanol–water partition coefficient (Wildman–Crippen LogP) is 0.0414. The molecule has 0 heterocycles. The zero-order valence-corrected chi connectivity index (χ0v) is 13.5. The Morgan fingerprint density at radius 2 is 1.05 bits per heavy atom. The number of rotatable bonds is 8. The first-order chi connectivity index (χ1) is 8.99. The quantitative estimate of drug-likeness (QED) is 0.359. The molecule has 0 atom stereocenters. The third-order valence-electron chi connectivity index (χ3n) is 2.37. The number of hydrogen-bond acceptors (Lipinski definition) is 4. The smallest absolute Gasteiger partial charge is 0.331 e. The second-order valence-corrected chi connectivity index (χ2v) is 6.70. The minimum Gasteiger partial charge on any atom is -0.457 e. The summed E-state index contributed by atoms with van der Waals surface area (Å²) in [5.74, 6) is -1.05. The molecule has 20 heavy (non-hydrogen) atoms. The zero-order chi connectivity index (χ0) is 15.8. The number of ether oxygens (including phenoxy) is 2. The molecule has 0 spiro atoms. The van der Waals surface area contributed by atoms with E-state index >= 15 is 0 Å². The summed E-state index contributed by atoms with van der Waals surface area (Å²) in [6, 6.07) is 0. The van der Waals surface area contributed by atoms with Crippen LogP contribution < -0.4 is 0 Å². The van der Waals surface area contributed by atoms with Gasteiger partial charge in [-0.1, -0.05) is 0 Å². The van der Waals surface area contributed by atoms with Crippen molar-refractivity contribution in [2.75, 3.05) is 68.6 Å². The van der Waals surface area contributed by atoms with Crippen LogP contribution in [-0.2, 0) is 19.1 Å². The van der Waals surface area contributed by atoms with Crippen LogP contribution in [0.3, 0.4) is 0 Å². The molecule has 0 N–H and O–H groups in total. The lowest BCUT2D eigenvalue weighted by molar-refractivity contribution is -0.870. The summed E-state index contributed by atoms with van der Waals surface area (Å²) in [5, 5.41) is 0. The molecule has 0 aromatic carbocycles. The highest BCUT2D eigenvalue weighted by molar-refractivity contribution is 5.91. The zero-order valence-electron chi connectivity index (χ0n) is 13.5. The molecule has 0 aromatic rings. The molecule has 0 radical (unpaired) electrons. The van der Waals surface area contributed by atoms with Gasteiger partial charge in [-0.05, 0) is 0 Å². The molecule has 0 aliphatic carbocycles. The highest BCUT2D eigenvalue weighted by atomic mass is 16.5. The van der Waals surface area contributed by atoms with Crippen LogP contribution in [0.2, 0.25) is 0 Å². The molecular formula is C14H28N2O4+2. The summed E-state index contributed by atoms with van der Waals surface area (Å²) in [5.41, 5.74) is 0. The first-order valence-corrected chi connectivity index (χ1v) is 6.62. The summed E-state index contributed by atoms with van der Waals surface area (Å²) >= 11 is 0. The third kappa shape index (κ3) is 13.0. The number of nitrogens with zero attached hydrogens (tertiary/aromatic N) is 2. The SMILES string of the molecule is C[N+](C)(C)CCOC(=O)/C=C\C(=O)OCC[N+](C)(C)C. The fourth-order valence-electron chi connectivity index (χ4n) is 1.07. The Kier molecular flexibility index (Phi) is 7.45. The molecule has 0 amide bonds. The first-order valence-electron chi connectivity index (χ1n) is 6.62.